The van der Waals surface area contributed by atoms with Gasteiger partial charge in [0.15, 0.2) is 0 Å². The molecule has 0 aromatic carbocycles. The van der Waals surface area contributed by atoms with Gasteiger partial charge in [-0.05, 0) is 12.8 Å². The minimum atomic E-state index is -6.80. The van der Waals surface area contributed by atoms with Crippen LogP contribution in [-0.4, -0.2) is 39.9 Å². The van der Waals surface area contributed by atoms with Gasteiger partial charge in [0, 0.05) is 12.6 Å². The molecular formula is C24H42F9O3P. The minimum Gasteiger partial charge on any atom is -0.324 e. The lowest BCUT2D eigenvalue weighted by Gasteiger charge is -2.33. The van der Waals surface area contributed by atoms with Crippen molar-refractivity contribution in [2.24, 2.45) is 0 Å². The van der Waals surface area contributed by atoms with Gasteiger partial charge in [-0.25, -0.2) is 0 Å². The van der Waals surface area contributed by atoms with E-state index in [1.807, 2.05) is 0 Å². The van der Waals surface area contributed by atoms with Crippen molar-refractivity contribution < 1.29 is 53.9 Å². The topological polar surface area (TPSA) is 57.5 Å². The molecule has 0 heterocycles. The van der Waals surface area contributed by atoms with Crippen molar-refractivity contribution >= 4 is 7.60 Å². The first kappa shape index (κ1) is 36.5. The van der Waals surface area contributed by atoms with E-state index in [1.54, 1.807) is 0 Å². The van der Waals surface area contributed by atoms with Crippen LogP contribution in [-0.2, 0) is 4.57 Å². The van der Waals surface area contributed by atoms with Gasteiger partial charge in [0.1, 0.15) is 0 Å². The van der Waals surface area contributed by atoms with Crippen molar-refractivity contribution in [3.05, 3.63) is 0 Å². The molecule has 0 amide bonds. The number of rotatable bonds is 23. The van der Waals surface area contributed by atoms with Crippen LogP contribution >= 0.6 is 7.60 Å². The molecule has 0 aliphatic heterocycles. The van der Waals surface area contributed by atoms with Gasteiger partial charge in [-0.1, -0.05) is 103 Å². The monoisotopic (exact) mass is 580 g/mol. The Morgan fingerprint density at radius 2 is 0.703 bits per heavy atom. The molecule has 0 unspecified atom stereocenters. The number of hydrogen-bond acceptors (Lipinski definition) is 1. The zero-order chi connectivity index (χ0) is 28.6. The molecule has 0 aliphatic rings. The van der Waals surface area contributed by atoms with E-state index < -0.39 is 44.4 Å². The Hall–Kier alpha value is -0.480. The normalized spacial score (nSPS) is 13.9. The van der Waals surface area contributed by atoms with Crippen LogP contribution in [0.4, 0.5) is 39.5 Å². The third-order valence-electron chi connectivity index (χ3n) is 6.40. The summed E-state index contributed by atoms with van der Waals surface area (Å²) < 4.78 is 126. The molecule has 0 rings (SSSR count). The summed E-state index contributed by atoms with van der Waals surface area (Å²) in [5, 5.41) is 0. The molecular weight excluding hydrogens is 538 g/mol. The second-order valence-corrected chi connectivity index (χ2v) is 11.6. The van der Waals surface area contributed by atoms with Crippen LogP contribution in [0.25, 0.3) is 0 Å². The number of halogens is 9. The Kier molecular flexibility index (Phi) is 17.0. The third kappa shape index (κ3) is 15.0. The Morgan fingerprint density at radius 1 is 0.432 bits per heavy atom. The Bertz CT molecular complexity index is 637. The second-order valence-electron chi connectivity index (χ2n) is 9.85. The summed E-state index contributed by atoms with van der Waals surface area (Å²) in [5.41, 5.74) is 0. The molecule has 0 aromatic rings. The zero-order valence-electron chi connectivity index (χ0n) is 21.3. The van der Waals surface area contributed by atoms with Gasteiger partial charge in [-0.15, -0.1) is 0 Å². The summed E-state index contributed by atoms with van der Waals surface area (Å²) >= 11 is 0. The zero-order valence-corrected chi connectivity index (χ0v) is 22.2. The smallest absolute Gasteiger partial charge is 0.324 e. The van der Waals surface area contributed by atoms with Crippen molar-refractivity contribution in [3.63, 3.8) is 0 Å². The minimum absolute atomic E-state index is 0.0407. The molecule has 0 atom stereocenters. The van der Waals surface area contributed by atoms with Gasteiger partial charge >= 0.3 is 31.5 Å². The van der Waals surface area contributed by atoms with Gasteiger partial charge in [-0.2, -0.15) is 39.5 Å². The van der Waals surface area contributed by atoms with Crippen molar-refractivity contribution in [3.8, 4) is 0 Å². The van der Waals surface area contributed by atoms with Gasteiger partial charge < -0.3 is 9.79 Å². The highest BCUT2D eigenvalue weighted by molar-refractivity contribution is 7.51. The average Bonchev–Trinajstić information content (AvgIpc) is 2.76. The molecule has 224 valence electrons. The van der Waals surface area contributed by atoms with Gasteiger partial charge in [-0.3, -0.25) is 4.57 Å². The third-order valence-corrected chi connectivity index (χ3v) is 7.30. The molecule has 13 heteroatoms. The van der Waals surface area contributed by atoms with E-state index in [-0.39, 0.29) is 12.6 Å². The summed E-state index contributed by atoms with van der Waals surface area (Å²) in [6.07, 6.45) is 6.10. The van der Waals surface area contributed by atoms with Gasteiger partial charge in [0.05, 0.1) is 0 Å². The Morgan fingerprint density at radius 3 is 0.973 bits per heavy atom. The first-order valence-electron chi connectivity index (χ1n) is 13.2. The standard InChI is InChI=1S/C24H42F9O3P/c25-21(26,22(27,28)23(29,30)24(31,32)33)19-17-15-13-11-9-7-5-3-1-2-4-6-8-10-12-14-16-18-20-37(34,35)36/h1-20H2,(H2,34,35,36). The fraction of sp³-hybridized carbons (Fsp3) is 1.00. The van der Waals surface area contributed by atoms with E-state index in [0.29, 0.717) is 19.3 Å². The average molecular weight is 581 g/mol. The van der Waals surface area contributed by atoms with E-state index in [4.69, 9.17) is 9.79 Å². The lowest BCUT2D eigenvalue weighted by molar-refractivity contribution is -0.396. The maximum atomic E-state index is 13.4. The second kappa shape index (κ2) is 17.3. The Balaban J connectivity index is 3.60. The largest absolute Gasteiger partial charge is 0.460 e. The summed E-state index contributed by atoms with van der Waals surface area (Å²) in [4.78, 5) is 17.5. The van der Waals surface area contributed by atoms with Crippen molar-refractivity contribution in [1.82, 2.24) is 0 Å². The number of unbranched alkanes of at least 4 members (excludes halogenated alkanes) is 17. The molecule has 0 radical (unpaired) electrons. The maximum Gasteiger partial charge on any atom is 0.460 e. The number of hydrogen-bond donors (Lipinski definition) is 2. The molecule has 0 bridgehead atoms. The van der Waals surface area contributed by atoms with Crippen molar-refractivity contribution in [2.75, 3.05) is 6.16 Å². The van der Waals surface area contributed by atoms with E-state index in [0.717, 1.165) is 83.5 Å². The van der Waals surface area contributed by atoms with Crippen molar-refractivity contribution in [2.45, 2.75) is 146 Å². The SMILES string of the molecule is O=P(O)(O)CCCCCCCCCCCCCCCCCCCCC(F)(F)C(F)(F)C(F)(F)C(F)(F)F. The highest BCUT2D eigenvalue weighted by atomic mass is 31.2. The van der Waals surface area contributed by atoms with E-state index in [1.165, 1.54) is 0 Å². The predicted molar refractivity (Wildman–Crippen MR) is 126 cm³/mol. The quantitative estimate of drug-likeness (QED) is 0.0718. The number of alkyl halides is 9. The highest BCUT2D eigenvalue weighted by Gasteiger charge is 2.81. The highest BCUT2D eigenvalue weighted by Crippen LogP contribution is 2.54. The van der Waals surface area contributed by atoms with Crippen LogP contribution in [0.3, 0.4) is 0 Å². The fourth-order valence-electron chi connectivity index (χ4n) is 4.06. The van der Waals surface area contributed by atoms with Crippen LogP contribution in [0.15, 0.2) is 0 Å². The first-order valence-corrected chi connectivity index (χ1v) is 15.0. The molecule has 0 aromatic heterocycles. The van der Waals surface area contributed by atoms with Crippen LogP contribution in [0.1, 0.15) is 122 Å². The molecule has 3 nitrogen and oxygen atoms in total. The fourth-order valence-corrected chi connectivity index (χ4v) is 4.69. The molecule has 37 heavy (non-hydrogen) atoms. The summed E-state index contributed by atoms with van der Waals surface area (Å²) in [7, 11) is -3.87. The van der Waals surface area contributed by atoms with Crippen LogP contribution < -0.4 is 0 Å². The van der Waals surface area contributed by atoms with E-state index in [9.17, 15) is 44.1 Å². The molecule has 0 saturated heterocycles. The van der Waals surface area contributed by atoms with E-state index in [2.05, 4.69) is 0 Å². The summed E-state index contributed by atoms with van der Waals surface area (Å²) in [6.45, 7) is 0. The molecule has 0 spiro atoms. The molecule has 2 N–H and O–H groups in total. The summed E-state index contributed by atoms with van der Waals surface area (Å²) in [6, 6.07) is 0. The van der Waals surface area contributed by atoms with E-state index >= 15 is 0 Å². The Labute approximate surface area is 214 Å². The molecule has 0 aliphatic carbocycles. The molecule has 0 saturated carbocycles. The van der Waals surface area contributed by atoms with Crippen LogP contribution in [0.5, 0.6) is 0 Å². The molecule has 0 fully saturated rings. The van der Waals surface area contributed by atoms with Gasteiger partial charge in [0.2, 0.25) is 0 Å². The maximum absolute atomic E-state index is 13.4. The van der Waals surface area contributed by atoms with Crippen LogP contribution in [0, 0.1) is 0 Å². The predicted octanol–water partition coefficient (Wildman–Crippen LogP) is 10.0. The lowest BCUT2D eigenvalue weighted by atomic mass is 9.97. The summed E-state index contributed by atoms with van der Waals surface area (Å²) in [5.74, 6) is -18.8. The van der Waals surface area contributed by atoms with Gasteiger partial charge in [0.25, 0.3) is 0 Å². The van der Waals surface area contributed by atoms with Crippen LogP contribution in [0.2, 0.25) is 0 Å². The first-order chi connectivity index (χ1) is 17.0. The lowest BCUT2D eigenvalue weighted by Crippen LogP contribution is -2.60. The van der Waals surface area contributed by atoms with Crippen molar-refractivity contribution in [1.29, 1.82) is 0 Å².